The second-order valence-corrected chi connectivity index (χ2v) is 7.38. The summed E-state index contributed by atoms with van der Waals surface area (Å²) in [5.74, 6) is 2.16. The molecule has 0 unspecified atom stereocenters. The highest BCUT2D eigenvalue weighted by molar-refractivity contribution is 5.84. The van der Waals surface area contributed by atoms with Crippen LogP contribution < -0.4 is 4.74 Å². The van der Waals surface area contributed by atoms with Crippen molar-refractivity contribution in [3.63, 3.8) is 0 Å². The van der Waals surface area contributed by atoms with E-state index in [0.29, 0.717) is 18.9 Å². The van der Waals surface area contributed by atoms with Gasteiger partial charge in [-0.3, -0.25) is 4.79 Å². The fourth-order valence-electron chi connectivity index (χ4n) is 3.46. The summed E-state index contributed by atoms with van der Waals surface area (Å²) in [6.07, 6.45) is 5.23. The molecule has 2 aromatic rings. The molecule has 1 amide bonds. The summed E-state index contributed by atoms with van der Waals surface area (Å²) >= 11 is 0. The molecule has 146 valence electrons. The van der Waals surface area contributed by atoms with Gasteiger partial charge in [-0.15, -0.1) is 0 Å². The fourth-order valence-corrected chi connectivity index (χ4v) is 3.46. The number of aromatic nitrogens is 1. The summed E-state index contributed by atoms with van der Waals surface area (Å²) in [7, 11) is 3.22. The van der Waals surface area contributed by atoms with Crippen LogP contribution in [0.3, 0.4) is 0 Å². The number of rotatable bonds is 6. The molecule has 0 radical (unpaired) electrons. The third kappa shape index (κ3) is 4.16. The topological polar surface area (TPSA) is 64.8 Å². The number of nitrogens with zero attached hydrogens (tertiary/aromatic N) is 2. The maximum absolute atomic E-state index is 12.9. The molecule has 0 spiro atoms. The lowest BCUT2D eigenvalue weighted by molar-refractivity contribution is -0.155. The van der Waals surface area contributed by atoms with E-state index in [4.69, 9.17) is 13.9 Å². The van der Waals surface area contributed by atoms with E-state index in [2.05, 4.69) is 4.98 Å². The van der Waals surface area contributed by atoms with Crippen molar-refractivity contribution in [2.75, 3.05) is 20.8 Å². The third-order valence-corrected chi connectivity index (χ3v) is 5.20. The molecule has 0 bridgehead atoms. The maximum Gasteiger partial charge on any atom is 0.254 e. The van der Waals surface area contributed by atoms with Gasteiger partial charge in [-0.2, -0.15) is 0 Å². The summed E-state index contributed by atoms with van der Waals surface area (Å²) in [5, 5.41) is 0. The molecule has 1 aliphatic heterocycles. The van der Waals surface area contributed by atoms with Gasteiger partial charge in [0.1, 0.15) is 23.2 Å². The van der Waals surface area contributed by atoms with E-state index in [0.717, 1.165) is 36.3 Å². The van der Waals surface area contributed by atoms with Gasteiger partial charge in [-0.1, -0.05) is 18.2 Å². The minimum absolute atomic E-state index is 0.0285. The Kier molecular flexibility index (Phi) is 5.85. The fraction of sp³-hybridized carbons (Fsp3) is 0.524. The Morgan fingerprint density at radius 2 is 2.07 bits per heavy atom. The SMILES string of the molecule is COc1ccccc1Cc1cnc([C@H]2CCCCN2C(=O)C(C)(C)OC)o1. The van der Waals surface area contributed by atoms with Crippen LogP contribution in [-0.2, 0) is 16.0 Å². The van der Waals surface area contributed by atoms with Gasteiger partial charge in [-0.05, 0) is 39.2 Å². The van der Waals surface area contributed by atoms with Crippen LogP contribution in [0.2, 0.25) is 0 Å². The van der Waals surface area contributed by atoms with E-state index in [1.54, 1.807) is 34.3 Å². The second kappa shape index (κ2) is 8.13. The van der Waals surface area contributed by atoms with Crippen molar-refractivity contribution in [2.24, 2.45) is 0 Å². The molecule has 2 heterocycles. The Labute approximate surface area is 160 Å². The number of carbonyl (C=O) groups is 1. The number of ether oxygens (including phenoxy) is 2. The van der Waals surface area contributed by atoms with E-state index in [9.17, 15) is 4.79 Å². The third-order valence-electron chi connectivity index (χ3n) is 5.20. The summed E-state index contributed by atoms with van der Waals surface area (Å²) in [4.78, 5) is 19.3. The monoisotopic (exact) mass is 372 g/mol. The van der Waals surface area contributed by atoms with E-state index >= 15 is 0 Å². The molecule has 0 N–H and O–H groups in total. The van der Waals surface area contributed by atoms with Crippen LogP contribution in [0.5, 0.6) is 5.75 Å². The van der Waals surface area contributed by atoms with E-state index in [1.807, 2.05) is 29.2 Å². The maximum atomic E-state index is 12.9. The zero-order valence-corrected chi connectivity index (χ0v) is 16.5. The number of carbonyl (C=O) groups excluding carboxylic acids is 1. The van der Waals surface area contributed by atoms with Gasteiger partial charge >= 0.3 is 0 Å². The first-order valence-corrected chi connectivity index (χ1v) is 9.39. The molecule has 0 aliphatic carbocycles. The molecule has 0 saturated carbocycles. The molecule has 1 aromatic carbocycles. The Balaban J connectivity index is 1.80. The Morgan fingerprint density at radius 1 is 1.30 bits per heavy atom. The van der Waals surface area contributed by atoms with Crippen molar-refractivity contribution < 1.29 is 18.7 Å². The van der Waals surface area contributed by atoms with E-state index in [-0.39, 0.29) is 11.9 Å². The van der Waals surface area contributed by atoms with Crippen molar-refractivity contribution in [3.05, 3.63) is 47.7 Å². The molecule has 6 nitrogen and oxygen atoms in total. The first-order valence-electron chi connectivity index (χ1n) is 9.39. The van der Waals surface area contributed by atoms with Gasteiger partial charge in [0.25, 0.3) is 5.91 Å². The lowest BCUT2D eigenvalue weighted by Crippen LogP contribution is -2.49. The molecule has 3 rings (SSSR count). The van der Waals surface area contributed by atoms with Gasteiger partial charge < -0.3 is 18.8 Å². The number of piperidine rings is 1. The number of hydrogen-bond acceptors (Lipinski definition) is 5. The van der Waals surface area contributed by atoms with Crippen molar-refractivity contribution in [3.8, 4) is 5.75 Å². The zero-order chi connectivity index (χ0) is 19.4. The highest BCUT2D eigenvalue weighted by Crippen LogP contribution is 2.33. The summed E-state index contributed by atoms with van der Waals surface area (Å²) in [6, 6.07) is 7.72. The minimum Gasteiger partial charge on any atom is -0.496 e. The largest absolute Gasteiger partial charge is 0.496 e. The molecular formula is C21H28N2O4. The number of methoxy groups -OCH3 is 2. The van der Waals surface area contributed by atoms with Crippen LogP contribution in [0.4, 0.5) is 0 Å². The van der Waals surface area contributed by atoms with Crippen molar-refractivity contribution >= 4 is 5.91 Å². The predicted molar refractivity (Wildman–Crippen MR) is 102 cm³/mol. The van der Waals surface area contributed by atoms with Crippen LogP contribution >= 0.6 is 0 Å². The van der Waals surface area contributed by atoms with E-state index in [1.165, 1.54) is 0 Å². The molecule has 6 heteroatoms. The highest BCUT2D eigenvalue weighted by Gasteiger charge is 2.39. The van der Waals surface area contributed by atoms with Crippen LogP contribution in [0.25, 0.3) is 0 Å². The molecule has 27 heavy (non-hydrogen) atoms. The number of likely N-dealkylation sites (tertiary alicyclic amines) is 1. The quantitative estimate of drug-likeness (QED) is 0.773. The molecule has 1 aromatic heterocycles. The van der Waals surface area contributed by atoms with Crippen LogP contribution in [-0.4, -0.2) is 42.2 Å². The van der Waals surface area contributed by atoms with Crippen molar-refractivity contribution in [1.82, 2.24) is 9.88 Å². The summed E-state index contributed by atoms with van der Waals surface area (Å²) < 4.78 is 16.9. The molecular weight excluding hydrogens is 344 g/mol. The number of hydrogen-bond donors (Lipinski definition) is 0. The standard InChI is InChI=1S/C21H28N2O4/c1-21(2,26-4)20(24)23-12-8-7-10-17(23)19-22-14-16(27-19)13-15-9-5-6-11-18(15)25-3/h5-6,9,11,14,17H,7-8,10,12-13H2,1-4H3/t17-/m1/s1. The lowest BCUT2D eigenvalue weighted by Gasteiger charge is -2.38. The molecule has 1 saturated heterocycles. The van der Waals surface area contributed by atoms with Gasteiger partial charge in [-0.25, -0.2) is 4.98 Å². The van der Waals surface area contributed by atoms with Gasteiger partial charge in [0.05, 0.1) is 13.3 Å². The predicted octanol–water partition coefficient (Wildman–Crippen LogP) is 3.75. The van der Waals surface area contributed by atoms with Gasteiger partial charge in [0, 0.05) is 25.6 Å². The first kappa shape index (κ1) is 19.4. The van der Waals surface area contributed by atoms with Crippen LogP contribution in [0, 0.1) is 0 Å². The van der Waals surface area contributed by atoms with Crippen LogP contribution in [0.15, 0.2) is 34.9 Å². The zero-order valence-electron chi connectivity index (χ0n) is 16.5. The Bertz CT molecular complexity index is 784. The van der Waals surface area contributed by atoms with E-state index < -0.39 is 5.60 Å². The first-order chi connectivity index (χ1) is 13.0. The Morgan fingerprint density at radius 3 is 2.81 bits per heavy atom. The number of para-hydroxylation sites is 1. The van der Waals surface area contributed by atoms with Crippen molar-refractivity contribution in [2.45, 2.75) is 51.2 Å². The minimum atomic E-state index is -0.859. The molecule has 1 aliphatic rings. The normalized spacial score (nSPS) is 17.8. The molecule has 1 atom stereocenters. The smallest absolute Gasteiger partial charge is 0.254 e. The second-order valence-electron chi connectivity index (χ2n) is 7.38. The van der Waals surface area contributed by atoms with Gasteiger partial charge in [0.15, 0.2) is 0 Å². The average Bonchev–Trinajstić information content (AvgIpc) is 3.16. The average molecular weight is 372 g/mol. The lowest BCUT2D eigenvalue weighted by atomic mass is 9.98. The van der Waals surface area contributed by atoms with Crippen LogP contribution in [0.1, 0.15) is 56.4 Å². The van der Waals surface area contributed by atoms with Gasteiger partial charge in [0.2, 0.25) is 5.89 Å². The summed E-state index contributed by atoms with van der Waals surface area (Å²) in [5.41, 5.74) is 0.183. The number of oxazole rings is 1. The number of amides is 1. The highest BCUT2D eigenvalue weighted by atomic mass is 16.5. The van der Waals surface area contributed by atoms with Crippen molar-refractivity contribution in [1.29, 1.82) is 0 Å². The Hall–Kier alpha value is -2.34. The summed E-state index contributed by atoms with van der Waals surface area (Å²) in [6.45, 7) is 4.29. The number of benzene rings is 1. The molecule has 1 fully saturated rings.